The number of rotatable bonds is 2. The molecule has 0 spiro atoms. The van der Waals surface area contributed by atoms with Gasteiger partial charge in [-0.3, -0.25) is 14.8 Å². The minimum Gasteiger partial charge on any atom is -0.398 e. The first-order chi connectivity index (χ1) is 11.0. The van der Waals surface area contributed by atoms with Crippen molar-refractivity contribution in [2.45, 2.75) is 12.8 Å². The van der Waals surface area contributed by atoms with E-state index in [1.54, 1.807) is 24.3 Å². The van der Waals surface area contributed by atoms with E-state index in [-0.39, 0.29) is 23.9 Å². The van der Waals surface area contributed by atoms with Gasteiger partial charge in [0.25, 0.3) is 11.8 Å². The first-order valence-corrected chi connectivity index (χ1v) is 6.69. The predicted molar refractivity (Wildman–Crippen MR) is 76.9 cm³/mol. The van der Waals surface area contributed by atoms with Crippen molar-refractivity contribution in [3.63, 3.8) is 0 Å². The Morgan fingerprint density at radius 3 is 2.61 bits per heavy atom. The summed E-state index contributed by atoms with van der Waals surface area (Å²) < 4.78 is 4.98. The Labute approximate surface area is 129 Å². The number of amides is 3. The Morgan fingerprint density at radius 2 is 1.91 bits per heavy atom. The Balaban J connectivity index is 1.87. The van der Waals surface area contributed by atoms with Crippen molar-refractivity contribution in [3.8, 4) is 5.88 Å². The molecular weight excluding hydrogens is 304 g/mol. The fourth-order valence-electron chi connectivity index (χ4n) is 2.27. The number of nitrogen functional groups attached to an aromatic ring is 1. The summed E-state index contributed by atoms with van der Waals surface area (Å²) in [5, 5.41) is 11.0. The molecule has 1 aliphatic rings. The largest absolute Gasteiger partial charge is 0.461 e. The Kier molecular flexibility index (Phi) is 3.54. The molecule has 118 valence electrons. The molecule has 23 heavy (non-hydrogen) atoms. The molecule has 0 radical (unpaired) electrons. The maximum Gasteiger partial charge on any atom is 0.461 e. The zero-order valence-electron chi connectivity index (χ0n) is 11.8. The lowest BCUT2D eigenvalue weighted by atomic mass is 10.1. The van der Waals surface area contributed by atoms with Crippen LogP contribution >= 0.6 is 0 Å². The van der Waals surface area contributed by atoms with Crippen LogP contribution in [0.25, 0.3) is 10.8 Å². The van der Waals surface area contributed by atoms with Gasteiger partial charge in [0.05, 0.1) is 0 Å². The number of nitrogens with zero attached hydrogens (tertiary/aromatic N) is 3. The van der Waals surface area contributed by atoms with Gasteiger partial charge < -0.3 is 10.5 Å². The molecule has 1 aromatic carbocycles. The second-order valence-electron chi connectivity index (χ2n) is 4.82. The van der Waals surface area contributed by atoms with Gasteiger partial charge >= 0.3 is 6.09 Å². The molecule has 3 rings (SSSR count). The van der Waals surface area contributed by atoms with Gasteiger partial charge in [-0.05, 0) is 18.2 Å². The van der Waals surface area contributed by atoms with Crippen LogP contribution in [0.15, 0.2) is 30.5 Å². The third-order valence-electron chi connectivity index (χ3n) is 3.37. The fraction of sp³-hybridized carbons (Fsp3) is 0.143. The molecule has 3 N–H and O–H groups in total. The molecule has 1 fully saturated rings. The second-order valence-corrected chi connectivity index (χ2v) is 4.82. The van der Waals surface area contributed by atoms with E-state index in [1.165, 1.54) is 6.20 Å². The summed E-state index contributed by atoms with van der Waals surface area (Å²) in [4.78, 5) is 38.9. The summed E-state index contributed by atoms with van der Waals surface area (Å²) in [7, 11) is 0. The number of benzene rings is 1. The highest BCUT2D eigenvalue weighted by atomic mass is 16.7. The van der Waals surface area contributed by atoms with Crippen molar-refractivity contribution in [1.29, 1.82) is 0 Å². The number of fused-ring (bicyclic) bond motifs is 1. The van der Waals surface area contributed by atoms with Crippen LogP contribution in [0.1, 0.15) is 12.8 Å². The number of hydrogen-bond donors (Lipinski definition) is 2. The summed E-state index contributed by atoms with van der Waals surface area (Å²) >= 11 is 0. The molecule has 2 aromatic rings. The van der Waals surface area contributed by atoms with E-state index in [1.807, 2.05) is 0 Å². The highest BCUT2D eigenvalue weighted by Gasteiger charge is 2.37. The molecule has 0 saturated carbocycles. The molecule has 0 bridgehead atoms. The second kappa shape index (κ2) is 5.54. The van der Waals surface area contributed by atoms with Gasteiger partial charge in [-0.25, -0.2) is 9.78 Å². The third-order valence-corrected chi connectivity index (χ3v) is 3.37. The van der Waals surface area contributed by atoms with E-state index in [0.717, 1.165) is 0 Å². The van der Waals surface area contributed by atoms with Gasteiger partial charge in [0.2, 0.25) is 5.88 Å². The Morgan fingerprint density at radius 1 is 1.22 bits per heavy atom. The van der Waals surface area contributed by atoms with Crippen molar-refractivity contribution >= 4 is 34.4 Å². The zero-order valence-corrected chi connectivity index (χ0v) is 11.8. The number of hydroxylamine groups is 1. The summed E-state index contributed by atoms with van der Waals surface area (Å²) in [6.07, 6.45) is -0.0933. The Hall–Kier alpha value is -3.20. The van der Waals surface area contributed by atoms with Crippen LogP contribution in [0.5, 0.6) is 5.88 Å². The maximum absolute atomic E-state index is 12.0. The highest BCUT2D eigenvalue weighted by Crippen LogP contribution is 2.27. The average molecular weight is 316 g/mol. The number of aromatic nitrogens is 1. The van der Waals surface area contributed by atoms with Gasteiger partial charge in [0.15, 0.2) is 0 Å². The van der Waals surface area contributed by atoms with Gasteiger partial charge in [-0.2, -0.15) is 5.01 Å². The number of nitrogens with two attached hydrogens (primary N) is 1. The first-order valence-electron chi connectivity index (χ1n) is 6.69. The molecule has 3 amide bonds. The van der Waals surface area contributed by atoms with Crippen LogP contribution in [0.2, 0.25) is 0 Å². The normalized spacial score (nSPS) is 14.4. The molecule has 0 aliphatic carbocycles. The van der Waals surface area contributed by atoms with Gasteiger partial charge in [-0.1, -0.05) is 11.2 Å². The molecule has 1 aliphatic heterocycles. The number of carbonyl (C=O) groups excluding carboxylic acids is 3. The third kappa shape index (κ3) is 2.53. The number of ether oxygens (including phenoxy) is 1. The van der Waals surface area contributed by atoms with Crippen LogP contribution in [-0.4, -0.2) is 38.3 Å². The minimum absolute atomic E-state index is 0.0772. The molecule has 0 unspecified atom stereocenters. The Bertz CT molecular complexity index is 806. The standard InChI is InChI=1S/C14H12N4O5/c15-10-3-1-2-9-8(10)6-7-16-13(9)23-14(21)18(22)17-11(19)4-5-12(17)20/h1-3,6-7,22H,4-5,15H2. The molecule has 2 heterocycles. The number of carbonyl (C=O) groups is 3. The molecule has 1 aromatic heterocycles. The molecule has 9 nitrogen and oxygen atoms in total. The van der Waals surface area contributed by atoms with Crippen molar-refractivity contribution in [2.75, 3.05) is 5.73 Å². The number of hydrazine groups is 1. The minimum atomic E-state index is -1.32. The van der Waals surface area contributed by atoms with Crippen LogP contribution in [0.4, 0.5) is 10.5 Å². The van der Waals surface area contributed by atoms with Crippen molar-refractivity contribution in [3.05, 3.63) is 30.5 Å². The lowest BCUT2D eigenvalue weighted by Gasteiger charge is -2.22. The summed E-state index contributed by atoms with van der Waals surface area (Å²) in [5.41, 5.74) is 6.29. The van der Waals surface area contributed by atoms with Crippen LogP contribution in [-0.2, 0) is 9.59 Å². The number of imide groups is 1. The molecule has 9 heteroatoms. The highest BCUT2D eigenvalue weighted by molar-refractivity contribution is 6.02. The average Bonchev–Trinajstić information content (AvgIpc) is 2.86. The van der Waals surface area contributed by atoms with Crippen molar-refractivity contribution in [2.24, 2.45) is 0 Å². The SMILES string of the molecule is Nc1cccc2c(OC(=O)N(O)N3C(=O)CCC3=O)nccc12. The van der Waals surface area contributed by atoms with Crippen LogP contribution in [0, 0.1) is 0 Å². The smallest absolute Gasteiger partial charge is 0.398 e. The quantitative estimate of drug-likeness (QED) is 0.367. The zero-order chi connectivity index (χ0) is 16.6. The topological polar surface area (TPSA) is 126 Å². The van der Waals surface area contributed by atoms with E-state index >= 15 is 0 Å². The fourth-order valence-corrected chi connectivity index (χ4v) is 2.27. The summed E-state index contributed by atoms with van der Waals surface area (Å²) in [5.74, 6) is -1.48. The van der Waals surface area contributed by atoms with Crippen LogP contribution in [0.3, 0.4) is 0 Å². The van der Waals surface area contributed by atoms with Crippen molar-refractivity contribution in [1.82, 2.24) is 15.2 Å². The number of anilines is 1. The van der Waals surface area contributed by atoms with Gasteiger partial charge in [-0.15, -0.1) is 0 Å². The number of hydrogen-bond acceptors (Lipinski definition) is 7. The number of pyridine rings is 1. The van der Waals surface area contributed by atoms with Crippen molar-refractivity contribution < 1.29 is 24.3 Å². The van der Waals surface area contributed by atoms with E-state index in [0.29, 0.717) is 21.5 Å². The lowest BCUT2D eigenvalue weighted by Crippen LogP contribution is -2.48. The van der Waals surface area contributed by atoms with E-state index in [4.69, 9.17) is 10.5 Å². The predicted octanol–water partition coefficient (Wildman–Crippen LogP) is 1.07. The molecule has 0 atom stereocenters. The van der Waals surface area contributed by atoms with Crippen LogP contribution < -0.4 is 10.5 Å². The van der Waals surface area contributed by atoms with Gasteiger partial charge in [0, 0.05) is 35.5 Å². The van der Waals surface area contributed by atoms with E-state index < -0.39 is 17.9 Å². The summed E-state index contributed by atoms with van der Waals surface area (Å²) in [6.45, 7) is 0. The monoisotopic (exact) mass is 316 g/mol. The van der Waals surface area contributed by atoms with Gasteiger partial charge in [0.1, 0.15) is 0 Å². The molecule has 1 saturated heterocycles. The van der Waals surface area contributed by atoms with E-state index in [2.05, 4.69) is 4.98 Å². The lowest BCUT2D eigenvalue weighted by molar-refractivity contribution is -0.207. The maximum atomic E-state index is 12.0. The van der Waals surface area contributed by atoms with E-state index in [9.17, 15) is 19.6 Å². The first kappa shape index (κ1) is 14.7. The summed E-state index contributed by atoms with van der Waals surface area (Å²) in [6, 6.07) is 6.61. The molecular formula is C14H12N4O5.